The highest BCUT2D eigenvalue weighted by Crippen LogP contribution is 2.18. The molecule has 3 rings (SSSR count). The average molecular weight is 391 g/mol. The summed E-state index contributed by atoms with van der Waals surface area (Å²) in [6.45, 7) is 4.38. The summed E-state index contributed by atoms with van der Waals surface area (Å²) < 4.78 is 26.1. The average Bonchev–Trinajstić information content (AvgIpc) is 3.19. The van der Waals surface area contributed by atoms with Crippen molar-refractivity contribution in [2.24, 2.45) is 0 Å². The lowest BCUT2D eigenvalue weighted by Crippen LogP contribution is -2.22. The molecule has 0 aliphatic carbocycles. The number of likely N-dealkylation sites (tertiary alicyclic amines) is 1. The van der Waals surface area contributed by atoms with E-state index in [2.05, 4.69) is 30.2 Å². The Kier molecular flexibility index (Phi) is 6.59. The van der Waals surface area contributed by atoms with E-state index in [1.165, 1.54) is 39.0 Å². The van der Waals surface area contributed by atoms with Crippen LogP contribution in [0.15, 0.2) is 41.4 Å². The predicted molar refractivity (Wildman–Crippen MR) is 107 cm³/mol. The van der Waals surface area contributed by atoms with E-state index in [-0.39, 0.29) is 4.90 Å². The zero-order chi connectivity index (χ0) is 19.1. The first-order valence-corrected chi connectivity index (χ1v) is 10.6. The molecule has 0 spiro atoms. The van der Waals surface area contributed by atoms with E-state index >= 15 is 0 Å². The molecule has 1 aromatic carbocycles. The molecule has 0 saturated carbocycles. The lowest BCUT2D eigenvalue weighted by atomic mass is 10.3. The van der Waals surface area contributed by atoms with Crippen LogP contribution < -0.4 is 15.4 Å². The van der Waals surface area contributed by atoms with Crippen molar-refractivity contribution in [2.45, 2.75) is 24.2 Å². The smallest absolute Gasteiger partial charge is 0.240 e. The monoisotopic (exact) mass is 390 g/mol. The van der Waals surface area contributed by atoms with Crippen molar-refractivity contribution < 1.29 is 8.42 Å². The van der Waals surface area contributed by atoms with Crippen LogP contribution in [0.25, 0.3) is 0 Å². The molecule has 1 aromatic heterocycles. The molecule has 0 atom stereocenters. The van der Waals surface area contributed by atoms with Gasteiger partial charge in [0.1, 0.15) is 5.82 Å². The van der Waals surface area contributed by atoms with Crippen molar-refractivity contribution in [1.82, 2.24) is 19.6 Å². The lowest BCUT2D eigenvalue weighted by molar-refractivity contribution is 0.337. The normalized spacial score (nSPS) is 15.0. The molecule has 0 radical (unpaired) electrons. The number of nitrogens with one attached hydrogen (secondary N) is 3. The first-order valence-electron chi connectivity index (χ1n) is 9.17. The van der Waals surface area contributed by atoms with Gasteiger partial charge in [0.15, 0.2) is 0 Å². The summed E-state index contributed by atoms with van der Waals surface area (Å²) in [5.74, 6) is 1.16. The molecule has 1 saturated heterocycles. The molecule has 8 nitrogen and oxygen atoms in total. The molecular weight excluding hydrogens is 364 g/mol. The summed E-state index contributed by atoms with van der Waals surface area (Å²) in [4.78, 5) is 11.3. The Labute approximate surface area is 160 Å². The minimum atomic E-state index is -3.49. The van der Waals surface area contributed by atoms with Crippen molar-refractivity contribution in [3.05, 3.63) is 36.5 Å². The Bertz CT molecular complexity index is 852. The van der Waals surface area contributed by atoms with Gasteiger partial charge in [0.2, 0.25) is 16.0 Å². The zero-order valence-electron chi connectivity index (χ0n) is 15.5. The van der Waals surface area contributed by atoms with E-state index in [1.54, 1.807) is 24.4 Å². The fourth-order valence-electron chi connectivity index (χ4n) is 3.03. The van der Waals surface area contributed by atoms with Gasteiger partial charge in [-0.25, -0.2) is 18.1 Å². The highest BCUT2D eigenvalue weighted by molar-refractivity contribution is 7.89. The van der Waals surface area contributed by atoms with Gasteiger partial charge in [-0.3, -0.25) is 0 Å². The minimum absolute atomic E-state index is 0.186. The van der Waals surface area contributed by atoms with Crippen molar-refractivity contribution in [3.63, 3.8) is 0 Å². The van der Waals surface area contributed by atoms with Gasteiger partial charge < -0.3 is 15.5 Å². The molecule has 146 valence electrons. The van der Waals surface area contributed by atoms with Gasteiger partial charge in [0.05, 0.1) is 4.90 Å². The number of hydrogen-bond acceptors (Lipinski definition) is 7. The molecule has 3 N–H and O–H groups in total. The van der Waals surface area contributed by atoms with Crippen LogP contribution in [0.5, 0.6) is 0 Å². The van der Waals surface area contributed by atoms with Crippen LogP contribution in [0.3, 0.4) is 0 Å². The molecular formula is C18H26N6O2S. The molecule has 9 heteroatoms. The van der Waals surface area contributed by atoms with E-state index in [0.717, 1.165) is 25.3 Å². The summed E-state index contributed by atoms with van der Waals surface area (Å²) in [5.41, 5.74) is 0.609. The molecule has 0 unspecified atom stereocenters. The second kappa shape index (κ2) is 9.12. The summed E-state index contributed by atoms with van der Waals surface area (Å²) in [6, 6.07) is 8.35. The number of rotatable bonds is 9. The van der Waals surface area contributed by atoms with Gasteiger partial charge in [0.25, 0.3) is 0 Å². The molecule has 1 fully saturated rings. The summed E-state index contributed by atoms with van der Waals surface area (Å²) in [6.07, 6.45) is 5.36. The van der Waals surface area contributed by atoms with Crippen LogP contribution in [0, 0.1) is 0 Å². The highest BCUT2D eigenvalue weighted by atomic mass is 32.2. The number of nitrogens with zero attached hydrogens (tertiary/aromatic N) is 3. The molecule has 2 aromatic rings. The summed E-state index contributed by atoms with van der Waals surface area (Å²) >= 11 is 0. The van der Waals surface area contributed by atoms with Gasteiger partial charge >= 0.3 is 0 Å². The van der Waals surface area contributed by atoms with Crippen LogP contribution in [0.1, 0.15) is 19.3 Å². The third-order valence-electron chi connectivity index (χ3n) is 4.48. The zero-order valence-corrected chi connectivity index (χ0v) is 16.3. The molecule has 2 heterocycles. The van der Waals surface area contributed by atoms with Gasteiger partial charge in [-0.05, 0) is 70.2 Å². The van der Waals surface area contributed by atoms with Crippen molar-refractivity contribution in [3.8, 4) is 0 Å². The van der Waals surface area contributed by atoms with Crippen molar-refractivity contribution in [1.29, 1.82) is 0 Å². The maximum atomic E-state index is 11.9. The molecule has 27 heavy (non-hydrogen) atoms. The van der Waals surface area contributed by atoms with Gasteiger partial charge in [0, 0.05) is 18.4 Å². The third-order valence-corrected chi connectivity index (χ3v) is 5.89. The Morgan fingerprint density at radius 3 is 2.78 bits per heavy atom. The molecule has 0 amide bonds. The lowest BCUT2D eigenvalue weighted by Gasteiger charge is -2.14. The number of aromatic nitrogens is 2. The van der Waals surface area contributed by atoms with E-state index in [9.17, 15) is 8.42 Å². The van der Waals surface area contributed by atoms with Crippen LogP contribution in [-0.4, -0.2) is 56.5 Å². The first kappa shape index (κ1) is 19.5. The predicted octanol–water partition coefficient (Wildman–Crippen LogP) is 2.03. The second-order valence-corrected chi connectivity index (χ2v) is 8.34. The van der Waals surface area contributed by atoms with E-state index in [0.29, 0.717) is 11.6 Å². The summed E-state index contributed by atoms with van der Waals surface area (Å²) in [5, 5.41) is 6.37. The summed E-state index contributed by atoms with van der Waals surface area (Å²) in [7, 11) is -2.10. The van der Waals surface area contributed by atoms with Crippen molar-refractivity contribution in [2.75, 3.05) is 43.9 Å². The molecule has 0 bridgehead atoms. The standard InChI is InChI=1S/C18H26N6O2S/c1-19-27(25,26)16-7-4-6-15(14-16)22-18-21-10-8-17(23-18)20-9-5-13-24-11-2-3-12-24/h4,6-8,10,14,19H,2-3,5,9,11-13H2,1H3,(H2,20,21,22,23). The Hall–Kier alpha value is -2.23. The number of sulfonamides is 1. The second-order valence-electron chi connectivity index (χ2n) is 6.45. The molecule has 1 aliphatic heterocycles. The topological polar surface area (TPSA) is 99.2 Å². The maximum Gasteiger partial charge on any atom is 0.240 e. The minimum Gasteiger partial charge on any atom is -0.370 e. The van der Waals surface area contributed by atoms with E-state index in [1.807, 2.05) is 6.07 Å². The Morgan fingerprint density at radius 2 is 2.00 bits per heavy atom. The van der Waals surface area contributed by atoms with Crippen LogP contribution in [-0.2, 0) is 10.0 Å². The van der Waals surface area contributed by atoms with Crippen LogP contribution in [0.4, 0.5) is 17.5 Å². The Balaban J connectivity index is 1.56. The fraction of sp³-hybridized carbons (Fsp3) is 0.444. The Morgan fingerprint density at radius 1 is 1.19 bits per heavy atom. The van der Waals surface area contributed by atoms with E-state index < -0.39 is 10.0 Å². The largest absolute Gasteiger partial charge is 0.370 e. The van der Waals surface area contributed by atoms with Crippen molar-refractivity contribution >= 4 is 27.5 Å². The number of hydrogen-bond donors (Lipinski definition) is 3. The third kappa shape index (κ3) is 5.62. The van der Waals surface area contributed by atoms with E-state index in [4.69, 9.17) is 0 Å². The fourth-order valence-corrected chi connectivity index (χ4v) is 3.81. The van der Waals surface area contributed by atoms with Gasteiger partial charge in [-0.2, -0.15) is 4.98 Å². The van der Waals surface area contributed by atoms with Crippen LogP contribution >= 0.6 is 0 Å². The van der Waals surface area contributed by atoms with Crippen LogP contribution in [0.2, 0.25) is 0 Å². The number of anilines is 3. The SMILES string of the molecule is CNS(=O)(=O)c1cccc(Nc2nccc(NCCCN3CCCC3)n2)c1. The van der Waals surface area contributed by atoms with Gasteiger partial charge in [-0.15, -0.1) is 0 Å². The first-order chi connectivity index (χ1) is 13.1. The quantitative estimate of drug-likeness (QED) is 0.563. The van der Waals surface area contributed by atoms with Gasteiger partial charge in [-0.1, -0.05) is 6.07 Å². The highest BCUT2D eigenvalue weighted by Gasteiger charge is 2.12. The molecule has 1 aliphatic rings. The number of benzene rings is 1. The maximum absolute atomic E-state index is 11.9.